The van der Waals surface area contributed by atoms with Crippen molar-refractivity contribution >= 4 is 27.0 Å². The lowest BCUT2D eigenvalue weighted by Crippen LogP contribution is -2.53. The number of aryl methyl sites for hydroxylation is 1. The highest BCUT2D eigenvalue weighted by molar-refractivity contribution is 7.89. The highest BCUT2D eigenvalue weighted by Crippen LogP contribution is 2.23. The SMILES string of the molecule is CC(C)CC(NS(=O)(=O)c1ccc2c(c1)oc(=O)n2C)C(=O)N1CCC(N2CCCCC2)CC1. The van der Waals surface area contributed by atoms with Crippen molar-refractivity contribution in [3.8, 4) is 0 Å². The molecule has 2 aliphatic heterocycles. The van der Waals surface area contributed by atoms with Crippen molar-refractivity contribution in [2.45, 2.75) is 69.4 Å². The van der Waals surface area contributed by atoms with E-state index in [4.69, 9.17) is 4.42 Å². The molecule has 1 amide bonds. The van der Waals surface area contributed by atoms with Crippen LogP contribution >= 0.6 is 0 Å². The van der Waals surface area contributed by atoms with Crippen LogP contribution in [0.25, 0.3) is 11.1 Å². The lowest BCUT2D eigenvalue weighted by molar-refractivity contribution is -0.135. The summed E-state index contributed by atoms with van der Waals surface area (Å²) >= 11 is 0. The number of amides is 1. The van der Waals surface area contributed by atoms with E-state index in [9.17, 15) is 18.0 Å². The molecule has 10 heteroatoms. The molecule has 2 aromatic rings. The van der Waals surface area contributed by atoms with Crippen LogP contribution in [-0.2, 0) is 21.9 Å². The second-order valence-corrected chi connectivity index (χ2v) is 11.7. The molecule has 2 saturated heterocycles. The molecular formula is C24H36N4O5S. The molecule has 0 aliphatic carbocycles. The van der Waals surface area contributed by atoms with E-state index in [1.807, 2.05) is 18.7 Å². The number of fused-ring (bicyclic) bond motifs is 1. The molecule has 188 valence electrons. The van der Waals surface area contributed by atoms with Crippen LogP contribution in [0.2, 0.25) is 0 Å². The number of nitrogens with one attached hydrogen (secondary N) is 1. The molecular weight excluding hydrogens is 456 g/mol. The maximum Gasteiger partial charge on any atom is 0.419 e. The minimum atomic E-state index is -3.99. The van der Waals surface area contributed by atoms with Gasteiger partial charge in [-0.3, -0.25) is 9.36 Å². The standard InChI is InChI=1S/C24H36N4O5S/c1-17(2)15-20(23(29)28-13-9-18(10-14-28)27-11-5-4-6-12-27)25-34(31,32)19-7-8-21-22(16-19)33-24(30)26(21)3/h7-8,16-18,20,25H,4-6,9-15H2,1-3H3. The van der Waals surface area contributed by atoms with Gasteiger partial charge in [0.2, 0.25) is 15.9 Å². The monoisotopic (exact) mass is 492 g/mol. The van der Waals surface area contributed by atoms with Crippen LogP contribution in [0, 0.1) is 5.92 Å². The maximum absolute atomic E-state index is 13.4. The summed E-state index contributed by atoms with van der Waals surface area (Å²) in [5, 5.41) is 0. The molecule has 3 heterocycles. The van der Waals surface area contributed by atoms with Gasteiger partial charge in [0.05, 0.1) is 10.4 Å². The Bertz CT molecular complexity index is 1170. The molecule has 0 spiro atoms. The van der Waals surface area contributed by atoms with Crippen molar-refractivity contribution in [3.05, 3.63) is 28.7 Å². The number of carbonyl (C=O) groups is 1. The normalized spacial score (nSPS) is 19.7. The number of benzene rings is 1. The van der Waals surface area contributed by atoms with Crippen molar-refractivity contribution in [3.63, 3.8) is 0 Å². The first-order chi connectivity index (χ1) is 16.2. The zero-order chi connectivity index (χ0) is 24.5. The van der Waals surface area contributed by atoms with Gasteiger partial charge in [0, 0.05) is 32.2 Å². The zero-order valence-corrected chi connectivity index (χ0v) is 21.1. The average Bonchev–Trinajstić information content (AvgIpc) is 3.11. The van der Waals surface area contributed by atoms with Crippen molar-refractivity contribution in [1.82, 2.24) is 19.1 Å². The molecule has 1 aromatic heterocycles. The number of hydrogen-bond donors (Lipinski definition) is 1. The highest BCUT2D eigenvalue weighted by atomic mass is 32.2. The first-order valence-electron chi connectivity index (χ1n) is 12.3. The zero-order valence-electron chi connectivity index (χ0n) is 20.3. The molecule has 0 radical (unpaired) electrons. The minimum absolute atomic E-state index is 0.0280. The summed E-state index contributed by atoms with van der Waals surface area (Å²) in [6, 6.07) is 3.98. The first-order valence-corrected chi connectivity index (χ1v) is 13.8. The summed E-state index contributed by atoms with van der Waals surface area (Å²) in [5.74, 6) is -0.586. The Labute approximate surface area is 201 Å². The fraction of sp³-hybridized carbons (Fsp3) is 0.667. The quantitative estimate of drug-likeness (QED) is 0.636. The summed E-state index contributed by atoms with van der Waals surface area (Å²) in [6.45, 7) is 7.53. The van der Waals surface area contributed by atoms with E-state index >= 15 is 0 Å². The highest BCUT2D eigenvalue weighted by Gasteiger charge is 2.33. The van der Waals surface area contributed by atoms with Gasteiger partial charge in [0.25, 0.3) is 0 Å². The van der Waals surface area contributed by atoms with Crippen molar-refractivity contribution in [2.75, 3.05) is 26.2 Å². The van der Waals surface area contributed by atoms with Crippen LogP contribution in [0.15, 0.2) is 32.3 Å². The molecule has 34 heavy (non-hydrogen) atoms. The van der Waals surface area contributed by atoms with Gasteiger partial charge in [-0.05, 0) is 63.2 Å². The molecule has 1 atom stereocenters. The largest absolute Gasteiger partial charge is 0.419 e. The van der Waals surface area contributed by atoms with Gasteiger partial charge in [-0.25, -0.2) is 13.2 Å². The predicted octanol–water partition coefficient (Wildman–Crippen LogP) is 2.30. The average molecular weight is 493 g/mol. The van der Waals surface area contributed by atoms with E-state index in [1.54, 1.807) is 13.1 Å². The van der Waals surface area contributed by atoms with Crippen LogP contribution in [0.3, 0.4) is 0 Å². The fourth-order valence-electron chi connectivity index (χ4n) is 5.16. The Morgan fingerprint density at radius 3 is 2.44 bits per heavy atom. The molecule has 9 nitrogen and oxygen atoms in total. The van der Waals surface area contributed by atoms with Gasteiger partial charge in [0.1, 0.15) is 6.04 Å². The predicted molar refractivity (Wildman–Crippen MR) is 130 cm³/mol. The molecule has 4 rings (SSSR count). The van der Waals surface area contributed by atoms with Gasteiger partial charge in [-0.15, -0.1) is 0 Å². The number of oxazole rings is 1. The lowest BCUT2D eigenvalue weighted by Gasteiger charge is -2.41. The summed E-state index contributed by atoms with van der Waals surface area (Å²) in [6.07, 6.45) is 6.05. The molecule has 1 N–H and O–H groups in total. The van der Waals surface area contributed by atoms with E-state index in [0.717, 1.165) is 25.9 Å². The Morgan fingerprint density at radius 2 is 1.79 bits per heavy atom. The summed E-state index contributed by atoms with van der Waals surface area (Å²) in [4.78, 5) is 29.5. The Hall–Kier alpha value is -2.17. The number of nitrogens with zero attached hydrogens (tertiary/aromatic N) is 3. The van der Waals surface area contributed by atoms with Crippen LogP contribution < -0.4 is 10.5 Å². The molecule has 2 fully saturated rings. The second-order valence-electron chi connectivity index (χ2n) is 10.0. The molecule has 1 aromatic carbocycles. The number of hydrogen-bond acceptors (Lipinski definition) is 6. The lowest BCUT2D eigenvalue weighted by atomic mass is 9.98. The molecule has 2 aliphatic rings. The van der Waals surface area contributed by atoms with E-state index in [0.29, 0.717) is 31.1 Å². The second kappa shape index (κ2) is 10.2. The summed E-state index contributed by atoms with van der Waals surface area (Å²) < 4.78 is 35.5. The Balaban J connectivity index is 1.47. The Kier molecular flexibility index (Phi) is 7.49. The van der Waals surface area contributed by atoms with Crippen LogP contribution in [-0.4, -0.2) is 67.0 Å². The third-order valence-corrected chi connectivity index (χ3v) is 8.53. The van der Waals surface area contributed by atoms with Crippen LogP contribution in [0.5, 0.6) is 0 Å². The van der Waals surface area contributed by atoms with E-state index in [2.05, 4.69) is 9.62 Å². The maximum atomic E-state index is 13.4. The van der Waals surface area contributed by atoms with Crippen molar-refractivity contribution < 1.29 is 17.6 Å². The van der Waals surface area contributed by atoms with Crippen molar-refractivity contribution in [1.29, 1.82) is 0 Å². The van der Waals surface area contributed by atoms with Gasteiger partial charge in [-0.1, -0.05) is 20.3 Å². The number of piperidine rings is 2. The molecule has 1 unspecified atom stereocenters. The van der Waals surface area contributed by atoms with Crippen LogP contribution in [0.4, 0.5) is 0 Å². The smallest absolute Gasteiger partial charge is 0.408 e. The van der Waals surface area contributed by atoms with Gasteiger partial charge < -0.3 is 14.2 Å². The number of aromatic nitrogens is 1. The number of sulfonamides is 1. The number of rotatable bonds is 7. The summed E-state index contributed by atoms with van der Waals surface area (Å²) in [5.41, 5.74) is 0.706. The van der Waals surface area contributed by atoms with Gasteiger partial charge in [0.15, 0.2) is 5.58 Å². The van der Waals surface area contributed by atoms with Gasteiger partial charge in [-0.2, -0.15) is 4.72 Å². The van der Waals surface area contributed by atoms with Gasteiger partial charge >= 0.3 is 5.76 Å². The Morgan fingerprint density at radius 1 is 1.12 bits per heavy atom. The first kappa shape index (κ1) is 24.9. The number of carbonyl (C=O) groups excluding carboxylic acids is 1. The molecule has 0 saturated carbocycles. The van der Waals surface area contributed by atoms with E-state index in [-0.39, 0.29) is 22.3 Å². The summed E-state index contributed by atoms with van der Waals surface area (Å²) in [7, 11) is -2.43. The van der Waals surface area contributed by atoms with Crippen molar-refractivity contribution in [2.24, 2.45) is 13.0 Å². The fourth-order valence-corrected chi connectivity index (χ4v) is 6.38. The topological polar surface area (TPSA) is 105 Å². The van der Waals surface area contributed by atoms with E-state index in [1.165, 1.54) is 36.0 Å². The molecule has 0 bridgehead atoms. The van der Waals surface area contributed by atoms with Crippen LogP contribution in [0.1, 0.15) is 52.4 Å². The van der Waals surface area contributed by atoms with E-state index < -0.39 is 21.8 Å². The number of likely N-dealkylation sites (tertiary alicyclic amines) is 2. The third kappa shape index (κ3) is 5.39. The third-order valence-electron chi connectivity index (χ3n) is 7.06. The minimum Gasteiger partial charge on any atom is -0.408 e.